The van der Waals surface area contributed by atoms with E-state index in [-0.39, 0.29) is 17.5 Å². The van der Waals surface area contributed by atoms with Gasteiger partial charge in [0.2, 0.25) is 0 Å². The highest BCUT2D eigenvalue weighted by molar-refractivity contribution is 7.80. The van der Waals surface area contributed by atoms with E-state index in [0.717, 1.165) is 17.2 Å². The van der Waals surface area contributed by atoms with Crippen molar-refractivity contribution in [2.75, 3.05) is 12.4 Å². The molecule has 0 saturated carbocycles. The topological polar surface area (TPSA) is 30.5 Å². The maximum Gasteiger partial charge on any atom is 0.418 e. The van der Waals surface area contributed by atoms with Crippen molar-refractivity contribution in [3.8, 4) is 5.75 Å². The highest BCUT2D eigenvalue weighted by Crippen LogP contribution is 2.37. The van der Waals surface area contributed by atoms with Crippen LogP contribution in [0.5, 0.6) is 5.75 Å². The molecule has 2 aromatic carbocycles. The van der Waals surface area contributed by atoms with Gasteiger partial charge in [-0.05, 0) is 43.8 Å². The number of alkyl halides is 3. The van der Waals surface area contributed by atoms with Crippen LogP contribution in [0.25, 0.3) is 0 Å². The third kappa shape index (κ3) is 4.85. The summed E-state index contributed by atoms with van der Waals surface area (Å²) in [6, 6.07) is 9.50. The molecule has 3 nitrogen and oxygen atoms in total. The summed E-state index contributed by atoms with van der Waals surface area (Å²) < 4.78 is 50.4. The summed E-state index contributed by atoms with van der Waals surface area (Å²) in [5.74, 6) is 0.614. The number of hydrogen-bond donors (Lipinski definition) is 1. The first-order valence-electron chi connectivity index (χ1n) is 7.46. The van der Waals surface area contributed by atoms with E-state index >= 15 is 0 Å². The van der Waals surface area contributed by atoms with Gasteiger partial charge in [0.1, 0.15) is 12.4 Å². The summed E-state index contributed by atoms with van der Waals surface area (Å²) in [7, 11) is 1.29. The van der Waals surface area contributed by atoms with E-state index in [1.165, 1.54) is 13.2 Å². The van der Waals surface area contributed by atoms with Crippen LogP contribution < -0.4 is 10.1 Å². The Balaban J connectivity index is 2.34. The Morgan fingerprint density at radius 2 is 1.88 bits per heavy atom. The first kappa shape index (κ1) is 19.1. The zero-order chi connectivity index (χ0) is 18.6. The molecular weight excluding hydrogens is 351 g/mol. The number of thiocarbonyl (C=S) groups is 1. The van der Waals surface area contributed by atoms with Crippen molar-refractivity contribution in [2.24, 2.45) is 0 Å². The number of benzene rings is 2. The van der Waals surface area contributed by atoms with Gasteiger partial charge in [0.05, 0.1) is 18.4 Å². The van der Waals surface area contributed by atoms with E-state index in [2.05, 4.69) is 5.32 Å². The monoisotopic (exact) mass is 369 g/mol. The number of methoxy groups -OCH3 is 1. The minimum atomic E-state index is -4.53. The molecule has 25 heavy (non-hydrogen) atoms. The summed E-state index contributed by atoms with van der Waals surface area (Å²) in [5, 5.41) is 2.36. The van der Waals surface area contributed by atoms with Crippen molar-refractivity contribution in [1.29, 1.82) is 0 Å². The number of para-hydroxylation sites is 1. The molecule has 7 heteroatoms. The Bertz CT molecular complexity index is 775. The molecule has 0 saturated heterocycles. The van der Waals surface area contributed by atoms with E-state index < -0.39 is 11.7 Å². The quantitative estimate of drug-likeness (QED) is 0.746. The zero-order valence-corrected chi connectivity index (χ0v) is 14.8. The van der Waals surface area contributed by atoms with Gasteiger partial charge in [-0.1, -0.05) is 29.8 Å². The van der Waals surface area contributed by atoms with E-state index in [1.54, 1.807) is 12.1 Å². The van der Waals surface area contributed by atoms with Crippen LogP contribution in [0, 0.1) is 13.8 Å². The van der Waals surface area contributed by atoms with Gasteiger partial charge < -0.3 is 14.8 Å². The van der Waals surface area contributed by atoms with Crippen LogP contribution in [0.3, 0.4) is 0 Å². The average molecular weight is 369 g/mol. The van der Waals surface area contributed by atoms with Gasteiger partial charge in [-0.2, -0.15) is 13.2 Å². The first-order chi connectivity index (χ1) is 11.7. The molecule has 0 aliphatic carbocycles. The molecule has 0 heterocycles. The lowest BCUT2D eigenvalue weighted by Crippen LogP contribution is -2.18. The smallest absolute Gasteiger partial charge is 0.418 e. The molecule has 0 fully saturated rings. The Morgan fingerprint density at radius 3 is 2.48 bits per heavy atom. The van der Waals surface area contributed by atoms with Crippen LogP contribution >= 0.6 is 12.2 Å². The molecule has 2 rings (SSSR count). The van der Waals surface area contributed by atoms with Crippen molar-refractivity contribution < 1.29 is 22.6 Å². The summed E-state index contributed by atoms with van der Waals surface area (Å²) in [6.07, 6.45) is -4.53. The molecule has 0 bridgehead atoms. The lowest BCUT2D eigenvalue weighted by atomic mass is 10.1. The number of anilines is 1. The lowest BCUT2D eigenvalue weighted by molar-refractivity contribution is -0.137. The predicted molar refractivity (Wildman–Crippen MR) is 94.9 cm³/mol. The molecule has 2 aromatic rings. The SMILES string of the molecule is COC(=S)Nc1c(COc2ccc(C)cc2C)cccc1C(F)(F)F. The van der Waals surface area contributed by atoms with Gasteiger partial charge in [0.25, 0.3) is 5.17 Å². The minimum Gasteiger partial charge on any atom is -0.489 e. The molecule has 0 atom stereocenters. The first-order valence-corrected chi connectivity index (χ1v) is 7.87. The molecule has 0 radical (unpaired) electrons. The van der Waals surface area contributed by atoms with Gasteiger partial charge in [-0.3, -0.25) is 0 Å². The standard InChI is InChI=1S/C18H18F3NO2S/c1-11-7-8-15(12(2)9-11)24-10-13-5-4-6-14(18(19,20)21)16(13)22-17(25)23-3/h4-9H,10H2,1-3H3,(H,22,25). The Morgan fingerprint density at radius 1 is 1.16 bits per heavy atom. The second kappa shape index (κ2) is 7.74. The van der Waals surface area contributed by atoms with Gasteiger partial charge in [-0.15, -0.1) is 0 Å². The molecule has 0 aliphatic rings. The summed E-state index contributed by atoms with van der Waals surface area (Å²) >= 11 is 4.85. The highest BCUT2D eigenvalue weighted by Gasteiger charge is 2.34. The molecule has 0 unspecified atom stereocenters. The van der Waals surface area contributed by atoms with Crippen LogP contribution in [0.4, 0.5) is 18.9 Å². The predicted octanol–water partition coefficient (Wildman–Crippen LogP) is 5.24. The third-order valence-electron chi connectivity index (χ3n) is 3.58. The average Bonchev–Trinajstić information content (AvgIpc) is 2.53. The molecule has 0 aliphatic heterocycles. The van der Waals surface area contributed by atoms with Gasteiger partial charge in [0, 0.05) is 5.56 Å². The fourth-order valence-corrected chi connectivity index (χ4v) is 2.48. The number of nitrogens with one attached hydrogen (secondary N) is 1. The normalized spacial score (nSPS) is 11.1. The fraction of sp³-hybridized carbons (Fsp3) is 0.278. The number of halogens is 3. The second-order valence-electron chi connectivity index (χ2n) is 5.51. The van der Waals surface area contributed by atoms with Crippen LogP contribution in [0.2, 0.25) is 0 Å². The molecule has 0 spiro atoms. The fourth-order valence-electron chi connectivity index (χ4n) is 2.37. The maximum atomic E-state index is 13.3. The Labute approximate surface area is 149 Å². The summed E-state index contributed by atoms with van der Waals surface area (Å²) in [5.41, 5.74) is 1.33. The van der Waals surface area contributed by atoms with Crippen molar-refractivity contribution in [2.45, 2.75) is 26.6 Å². The summed E-state index contributed by atoms with van der Waals surface area (Å²) in [4.78, 5) is 0. The van der Waals surface area contributed by atoms with Crippen molar-refractivity contribution in [3.05, 3.63) is 58.7 Å². The molecule has 1 N–H and O–H groups in total. The zero-order valence-electron chi connectivity index (χ0n) is 14.0. The number of aryl methyl sites for hydroxylation is 2. The molecule has 0 aromatic heterocycles. The number of hydrogen-bond acceptors (Lipinski definition) is 3. The summed E-state index contributed by atoms with van der Waals surface area (Å²) in [6.45, 7) is 3.80. The van der Waals surface area contributed by atoms with E-state index in [9.17, 15) is 13.2 Å². The second-order valence-corrected chi connectivity index (χ2v) is 5.88. The van der Waals surface area contributed by atoms with Gasteiger partial charge >= 0.3 is 6.18 Å². The van der Waals surface area contributed by atoms with E-state index in [4.69, 9.17) is 21.7 Å². The van der Waals surface area contributed by atoms with Crippen LogP contribution in [-0.2, 0) is 17.5 Å². The lowest BCUT2D eigenvalue weighted by Gasteiger charge is -2.19. The van der Waals surface area contributed by atoms with Crippen LogP contribution in [0.15, 0.2) is 36.4 Å². The number of rotatable bonds is 4. The Hall–Kier alpha value is -2.28. The maximum absolute atomic E-state index is 13.3. The third-order valence-corrected chi connectivity index (χ3v) is 3.85. The number of ether oxygens (including phenoxy) is 2. The Kier molecular flexibility index (Phi) is 5.89. The molecule has 134 valence electrons. The van der Waals surface area contributed by atoms with Crippen LogP contribution in [0.1, 0.15) is 22.3 Å². The van der Waals surface area contributed by atoms with Crippen molar-refractivity contribution in [3.63, 3.8) is 0 Å². The molecule has 0 amide bonds. The highest BCUT2D eigenvalue weighted by atomic mass is 32.1. The van der Waals surface area contributed by atoms with Crippen LogP contribution in [-0.4, -0.2) is 12.3 Å². The van der Waals surface area contributed by atoms with Gasteiger partial charge in [0.15, 0.2) is 0 Å². The van der Waals surface area contributed by atoms with E-state index in [0.29, 0.717) is 11.3 Å². The van der Waals surface area contributed by atoms with Crippen molar-refractivity contribution >= 4 is 23.1 Å². The van der Waals surface area contributed by atoms with Gasteiger partial charge in [-0.25, -0.2) is 0 Å². The van der Waals surface area contributed by atoms with Crippen molar-refractivity contribution in [1.82, 2.24) is 0 Å². The largest absolute Gasteiger partial charge is 0.489 e. The minimum absolute atomic E-state index is 0.0392. The van der Waals surface area contributed by atoms with E-state index in [1.807, 2.05) is 26.0 Å². The molecular formula is C18H18F3NO2S.